The summed E-state index contributed by atoms with van der Waals surface area (Å²) in [6.07, 6.45) is -0.591. The monoisotopic (exact) mass is 226 g/mol. The first-order valence-electron chi connectivity index (χ1n) is 5.25. The van der Waals surface area contributed by atoms with Crippen molar-refractivity contribution in [2.45, 2.75) is 6.10 Å². The number of hydrogen-bond acceptors (Lipinski definition) is 5. The normalized spacial score (nSPS) is 12.4. The second kappa shape index (κ2) is 8.06. The number of hydrogen-bond donors (Lipinski definition) is 4. The van der Waals surface area contributed by atoms with Crippen LogP contribution in [0, 0.1) is 0 Å². The third kappa shape index (κ3) is 5.67. The fourth-order valence-electron chi connectivity index (χ4n) is 1.10. The number of hydrazine groups is 1. The van der Waals surface area contributed by atoms with E-state index in [-0.39, 0.29) is 13.2 Å². The minimum atomic E-state index is -0.591. The molecule has 0 heterocycles. The lowest BCUT2D eigenvalue weighted by atomic mass is 10.3. The highest BCUT2D eigenvalue weighted by atomic mass is 16.5. The Morgan fingerprint density at radius 3 is 2.62 bits per heavy atom. The molecule has 0 saturated carbocycles. The highest BCUT2D eigenvalue weighted by Crippen LogP contribution is 2.08. The van der Waals surface area contributed by atoms with Crippen LogP contribution in [0.5, 0.6) is 5.75 Å². The molecule has 0 aromatic heterocycles. The smallest absolute Gasteiger partial charge is 0.119 e. The van der Waals surface area contributed by atoms with E-state index < -0.39 is 6.10 Å². The molecule has 1 atom stereocenters. The summed E-state index contributed by atoms with van der Waals surface area (Å²) in [7, 11) is 0. The standard InChI is InChI=1S/C11H18N2O3/c14-7-6-12-13-8-10(15)9-16-11-4-2-1-3-5-11/h1-5,10,12-15H,6-9H2/t10-/m1/s1. The molecule has 5 heteroatoms. The zero-order chi connectivity index (χ0) is 11.6. The van der Waals surface area contributed by atoms with E-state index in [1.54, 1.807) is 0 Å². The van der Waals surface area contributed by atoms with Gasteiger partial charge in [0.2, 0.25) is 0 Å². The third-order valence-electron chi connectivity index (χ3n) is 1.89. The van der Waals surface area contributed by atoms with Gasteiger partial charge in [-0.2, -0.15) is 0 Å². The van der Waals surface area contributed by atoms with Crippen LogP contribution in [0.1, 0.15) is 0 Å². The number of benzene rings is 1. The van der Waals surface area contributed by atoms with Gasteiger partial charge in [0.25, 0.3) is 0 Å². The molecule has 0 aliphatic carbocycles. The molecule has 0 aliphatic rings. The van der Waals surface area contributed by atoms with Crippen molar-refractivity contribution in [3.63, 3.8) is 0 Å². The molecule has 0 fully saturated rings. The fourth-order valence-corrected chi connectivity index (χ4v) is 1.10. The van der Waals surface area contributed by atoms with Crippen LogP contribution in [0.3, 0.4) is 0 Å². The molecule has 5 nitrogen and oxygen atoms in total. The van der Waals surface area contributed by atoms with E-state index >= 15 is 0 Å². The van der Waals surface area contributed by atoms with E-state index in [2.05, 4.69) is 10.9 Å². The van der Waals surface area contributed by atoms with E-state index in [0.717, 1.165) is 5.75 Å². The summed E-state index contributed by atoms with van der Waals surface area (Å²) >= 11 is 0. The van der Waals surface area contributed by atoms with E-state index in [1.165, 1.54) is 0 Å². The Balaban J connectivity index is 2.08. The maximum Gasteiger partial charge on any atom is 0.119 e. The summed E-state index contributed by atoms with van der Waals surface area (Å²) in [5.41, 5.74) is 5.53. The molecular weight excluding hydrogens is 208 g/mol. The molecule has 1 rings (SSSR count). The Hall–Kier alpha value is -1.14. The Labute approximate surface area is 95.0 Å². The van der Waals surface area contributed by atoms with Crippen LogP contribution in [0.2, 0.25) is 0 Å². The second-order valence-electron chi connectivity index (χ2n) is 3.31. The van der Waals surface area contributed by atoms with Gasteiger partial charge in [0.15, 0.2) is 0 Å². The van der Waals surface area contributed by atoms with Crippen molar-refractivity contribution < 1.29 is 14.9 Å². The number of aliphatic hydroxyl groups excluding tert-OH is 2. The second-order valence-corrected chi connectivity index (χ2v) is 3.31. The zero-order valence-corrected chi connectivity index (χ0v) is 9.10. The molecular formula is C11H18N2O3. The molecule has 0 unspecified atom stereocenters. The third-order valence-corrected chi connectivity index (χ3v) is 1.89. The number of para-hydroxylation sites is 1. The largest absolute Gasteiger partial charge is 0.491 e. The van der Waals surface area contributed by atoms with Crippen molar-refractivity contribution in [2.75, 3.05) is 26.3 Å². The van der Waals surface area contributed by atoms with E-state index in [0.29, 0.717) is 13.1 Å². The molecule has 0 spiro atoms. The summed E-state index contributed by atoms with van der Waals surface area (Å²) in [4.78, 5) is 0. The topological polar surface area (TPSA) is 73.8 Å². The van der Waals surface area contributed by atoms with Crippen LogP contribution in [-0.4, -0.2) is 42.6 Å². The van der Waals surface area contributed by atoms with Gasteiger partial charge >= 0.3 is 0 Å². The predicted octanol–water partition coefficient (Wildman–Crippen LogP) is -0.487. The first-order valence-corrected chi connectivity index (χ1v) is 5.25. The van der Waals surface area contributed by atoms with Crippen LogP contribution in [0.4, 0.5) is 0 Å². The van der Waals surface area contributed by atoms with Gasteiger partial charge in [-0.25, -0.2) is 0 Å². The summed E-state index contributed by atoms with van der Waals surface area (Å²) < 4.78 is 5.36. The van der Waals surface area contributed by atoms with E-state index in [9.17, 15) is 5.11 Å². The van der Waals surface area contributed by atoms with Crippen molar-refractivity contribution in [2.24, 2.45) is 0 Å². The molecule has 0 radical (unpaired) electrons. The van der Waals surface area contributed by atoms with Crippen molar-refractivity contribution in [1.29, 1.82) is 0 Å². The van der Waals surface area contributed by atoms with Gasteiger partial charge < -0.3 is 14.9 Å². The predicted molar refractivity (Wildman–Crippen MR) is 61.0 cm³/mol. The summed E-state index contributed by atoms with van der Waals surface area (Å²) in [5.74, 6) is 0.741. The SMILES string of the molecule is OCCNNC[C@@H](O)COc1ccccc1. The summed E-state index contributed by atoms with van der Waals surface area (Å²) in [5, 5.41) is 18.0. The molecule has 4 N–H and O–H groups in total. The van der Waals surface area contributed by atoms with Crippen LogP contribution < -0.4 is 15.6 Å². The molecule has 0 bridgehead atoms. The molecule has 1 aromatic carbocycles. The van der Waals surface area contributed by atoms with Gasteiger partial charge in [-0.1, -0.05) is 18.2 Å². The lowest BCUT2D eigenvalue weighted by Gasteiger charge is -2.13. The Morgan fingerprint density at radius 2 is 1.94 bits per heavy atom. The van der Waals surface area contributed by atoms with Gasteiger partial charge in [-0.3, -0.25) is 10.9 Å². The molecule has 1 aromatic rings. The van der Waals surface area contributed by atoms with Crippen molar-refractivity contribution >= 4 is 0 Å². The van der Waals surface area contributed by atoms with Crippen LogP contribution in [0.15, 0.2) is 30.3 Å². The number of ether oxygens (including phenoxy) is 1. The molecule has 0 aliphatic heterocycles. The number of nitrogens with one attached hydrogen (secondary N) is 2. The minimum Gasteiger partial charge on any atom is -0.491 e. The van der Waals surface area contributed by atoms with E-state index in [4.69, 9.17) is 9.84 Å². The number of aliphatic hydroxyl groups is 2. The molecule has 0 saturated heterocycles. The maximum atomic E-state index is 9.52. The summed E-state index contributed by atoms with van der Waals surface area (Å²) in [6, 6.07) is 9.34. The van der Waals surface area contributed by atoms with Gasteiger partial charge in [0, 0.05) is 13.1 Å². The Bertz CT molecular complexity index is 269. The summed E-state index contributed by atoms with van der Waals surface area (Å²) in [6.45, 7) is 1.11. The van der Waals surface area contributed by atoms with Gasteiger partial charge in [0.05, 0.1) is 6.61 Å². The van der Waals surface area contributed by atoms with Gasteiger partial charge in [-0.05, 0) is 12.1 Å². The highest BCUT2D eigenvalue weighted by molar-refractivity contribution is 5.20. The Morgan fingerprint density at radius 1 is 1.19 bits per heavy atom. The molecule has 0 amide bonds. The molecule has 90 valence electrons. The fraction of sp³-hybridized carbons (Fsp3) is 0.455. The minimum absolute atomic E-state index is 0.0591. The van der Waals surface area contributed by atoms with Gasteiger partial charge in [0.1, 0.15) is 18.5 Å². The zero-order valence-electron chi connectivity index (χ0n) is 9.10. The van der Waals surface area contributed by atoms with Gasteiger partial charge in [-0.15, -0.1) is 0 Å². The number of rotatable bonds is 8. The van der Waals surface area contributed by atoms with Crippen LogP contribution >= 0.6 is 0 Å². The van der Waals surface area contributed by atoms with E-state index in [1.807, 2.05) is 30.3 Å². The average Bonchev–Trinajstić information content (AvgIpc) is 2.33. The van der Waals surface area contributed by atoms with Crippen molar-refractivity contribution in [3.8, 4) is 5.75 Å². The quantitative estimate of drug-likeness (QED) is 0.356. The Kier molecular flexibility index (Phi) is 6.52. The lowest BCUT2D eigenvalue weighted by molar-refractivity contribution is 0.102. The lowest BCUT2D eigenvalue weighted by Crippen LogP contribution is -2.41. The first kappa shape index (κ1) is 12.9. The van der Waals surface area contributed by atoms with Crippen molar-refractivity contribution in [3.05, 3.63) is 30.3 Å². The van der Waals surface area contributed by atoms with Crippen molar-refractivity contribution in [1.82, 2.24) is 10.9 Å². The van der Waals surface area contributed by atoms with Crippen LogP contribution in [-0.2, 0) is 0 Å². The molecule has 16 heavy (non-hydrogen) atoms. The average molecular weight is 226 g/mol. The first-order chi connectivity index (χ1) is 7.83. The maximum absolute atomic E-state index is 9.52. The highest BCUT2D eigenvalue weighted by Gasteiger charge is 2.03. The van der Waals surface area contributed by atoms with Crippen LogP contribution in [0.25, 0.3) is 0 Å².